The maximum absolute atomic E-state index is 11.9. The lowest BCUT2D eigenvalue weighted by Crippen LogP contribution is -2.39. The average Bonchev–Trinajstić information content (AvgIpc) is 2.28. The first-order valence-corrected chi connectivity index (χ1v) is 7.24. The van der Waals surface area contributed by atoms with E-state index in [4.69, 9.17) is 5.11 Å². The molecule has 0 aromatic rings. The zero-order valence-electron chi connectivity index (χ0n) is 9.88. The van der Waals surface area contributed by atoms with Gasteiger partial charge in [-0.15, -0.1) is 11.8 Å². The zero-order valence-corrected chi connectivity index (χ0v) is 11.5. The number of amides is 2. The van der Waals surface area contributed by atoms with Crippen molar-refractivity contribution in [1.29, 1.82) is 0 Å². The predicted octanol–water partition coefficient (Wildman–Crippen LogP) is 0.837. The summed E-state index contributed by atoms with van der Waals surface area (Å²) in [5.41, 5.74) is 0. The number of rotatable bonds is 8. The van der Waals surface area contributed by atoms with Crippen LogP contribution in [0, 0.1) is 0 Å². The molecule has 2 atom stereocenters. The molecule has 6 heteroatoms. The van der Waals surface area contributed by atoms with Crippen LogP contribution in [0.5, 0.6) is 0 Å². The van der Waals surface area contributed by atoms with Gasteiger partial charge in [0.25, 0.3) is 0 Å². The van der Waals surface area contributed by atoms with E-state index in [0.717, 1.165) is 10.7 Å². The number of hydrogen-bond donors (Lipinski definition) is 1. The number of nitrogens with zero attached hydrogens (tertiary/aromatic N) is 1. The Morgan fingerprint density at radius 1 is 1.50 bits per heavy atom. The van der Waals surface area contributed by atoms with Crippen molar-refractivity contribution in [1.82, 2.24) is 4.90 Å². The molecule has 0 bridgehead atoms. The molecular formula is C10H19NO3S2. The molecule has 0 aromatic carbocycles. The number of aliphatic hydroxyl groups excluding tert-OH is 1. The molecule has 0 aliphatic heterocycles. The number of imide groups is 1. The van der Waals surface area contributed by atoms with Crippen LogP contribution in [-0.4, -0.2) is 58.0 Å². The smallest absolute Gasteiger partial charge is 0.242 e. The third-order valence-corrected chi connectivity index (χ3v) is 4.68. The molecule has 0 aromatic heterocycles. The van der Waals surface area contributed by atoms with E-state index >= 15 is 0 Å². The second kappa shape index (κ2) is 8.90. The van der Waals surface area contributed by atoms with Crippen molar-refractivity contribution < 1.29 is 14.7 Å². The number of aliphatic hydroxyl groups is 1. The maximum atomic E-state index is 11.9. The van der Waals surface area contributed by atoms with Crippen LogP contribution in [0.15, 0.2) is 0 Å². The Hall–Kier alpha value is -0.200. The van der Waals surface area contributed by atoms with Crippen LogP contribution in [0.4, 0.5) is 0 Å². The molecule has 1 N–H and O–H groups in total. The molecule has 0 rings (SSSR count). The van der Waals surface area contributed by atoms with E-state index in [-0.39, 0.29) is 23.0 Å². The van der Waals surface area contributed by atoms with Gasteiger partial charge in [-0.3, -0.25) is 14.5 Å². The van der Waals surface area contributed by atoms with Gasteiger partial charge in [-0.1, -0.05) is 13.8 Å². The molecule has 4 nitrogen and oxygen atoms in total. The van der Waals surface area contributed by atoms with Crippen LogP contribution in [0.25, 0.3) is 0 Å². The normalized spacial score (nSPS) is 14.2. The number of thioether (sulfide) groups is 2. The molecule has 94 valence electrons. The molecule has 0 fully saturated rings. The molecule has 2 unspecified atom stereocenters. The minimum Gasteiger partial charge on any atom is -0.396 e. The number of carbonyl (C=O) groups excluding carboxylic acids is 2. The van der Waals surface area contributed by atoms with Crippen molar-refractivity contribution in [2.45, 2.75) is 24.3 Å². The lowest BCUT2D eigenvalue weighted by molar-refractivity contribution is -0.136. The molecule has 0 aliphatic rings. The molecule has 2 amide bonds. The topological polar surface area (TPSA) is 57.6 Å². The summed E-state index contributed by atoms with van der Waals surface area (Å²) in [7, 11) is 1.46. The van der Waals surface area contributed by atoms with Gasteiger partial charge in [0.1, 0.15) is 0 Å². The van der Waals surface area contributed by atoms with Crippen molar-refractivity contribution in [2.24, 2.45) is 0 Å². The third kappa shape index (κ3) is 5.23. The van der Waals surface area contributed by atoms with Crippen molar-refractivity contribution in [3.05, 3.63) is 0 Å². The molecular weight excluding hydrogens is 246 g/mol. The van der Waals surface area contributed by atoms with Crippen LogP contribution >= 0.6 is 23.5 Å². The molecule has 0 saturated carbocycles. The van der Waals surface area contributed by atoms with Crippen LogP contribution in [0.2, 0.25) is 0 Å². The van der Waals surface area contributed by atoms with Crippen LogP contribution in [0.3, 0.4) is 0 Å². The van der Waals surface area contributed by atoms with Gasteiger partial charge in [-0.05, 0) is 5.75 Å². The zero-order chi connectivity index (χ0) is 12.6. The van der Waals surface area contributed by atoms with E-state index in [1.54, 1.807) is 11.8 Å². The Morgan fingerprint density at radius 2 is 2.12 bits per heavy atom. The first kappa shape index (κ1) is 15.8. The highest BCUT2D eigenvalue weighted by molar-refractivity contribution is 8.04. The van der Waals surface area contributed by atoms with Gasteiger partial charge in [-0.2, -0.15) is 11.8 Å². The fourth-order valence-electron chi connectivity index (χ4n) is 1.19. The van der Waals surface area contributed by atoms with Gasteiger partial charge >= 0.3 is 0 Å². The molecule has 0 radical (unpaired) electrons. The highest BCUT2D eigenvalue weighted by Gasteiger charge is 2.27. The third-order valence-electron chi connectivity index (χ3n) is 1.99. The number of hydrogen-bond acceptors (Lipinski definition) is 5. The van der Waals surface area contributed by atoms with Crippen molar-refractivity contribution >= 4 is 35.8 Å². The SMILES string of the molecule is CCSC(C)C(SCCO)C(=O)N(C)C=O. The van der Waals surface area contributed by atoms with Crippen molar-refractivity contribution in [3.63, 3.8) is 0 Å². The number of carbonyl (C=O) groups is 2. The van der Waals surface area contributed by atoms with E-state index in [2.05, 4.69) is 0 Å². The Labute approximate surface area is 105 Å². The standard InChI is InChI=1S/C10H19NO3S2/c1-4-15-8(2)9(16-6-5-12)10(14)11(3)7-13/h7-9,12H,4-6H2,1-3H3. The lowest BCUT2D eigenvalue weighted by atomic mass is 10.3. The fourth-order valence-corrected chi connectivity index (χ4v) is 3.42. The van der Waals surface area contributed by atoms with Crippen molar-refractivity contribution in [2.75, 3.05) is 25.2 Å². The quantitative estimate of drug-likeness (QED) is 0.659. The van der Waals surface area contributed by atoms with Gasteiger partial charge < -0.3 is 5.11 Å². The second-order valence-electron chi connectivity index (χ2n) is 3.23. The molecule has 16 heavy (non-hydrogen) atoms. The van der Waals surface area contributed by atoms with Crippen LogP contribution < -0.4 is 0 Å². The van der Waals surface area contributed by atoms with Gasteiger partial charge in [0.05, 0.1) is 11.9 Å². The summed E-state index contributed by atoms with van der Waals surface area (Å²) in [5.74, 6) is 1.24. The fraction of sp³-hybridized carbons (Fsp3) is 0.800. The van der Waals surface area contributed by atoms with Gasteiger partial charge in [0, 0.05) is 18.1 Å². The molecule has 0 spiro atoms. The van der Waals surface area contributed by atoms with Crippen LogP contribution in [-0.2, 0) is 9.59 Å². The monoisotopic (exact) mass is 265 g/mol. The van der Waals surface area contributed by atoms with E-state index in [9.17, 15) is 9.59 Å². The first-order chi connectivity index (χ1) is 7.58. The average molecular weight is 265 g/mol. The van der Waals surface area contributed by atoms with Crippen molar-refractivity contribution in [3.8, 4) is 0 Å². The van der Waals surface area contributed by atoms with E-state index in [1.807, 2.05) is 13.8 Å². The molecule has 0 heterocycles. The highest BCUT2D eigenvalue weighted by atomic mass is 32.2. The van der Waals surface area contributed by atoms with Gasteiger partial charge in [-0.25, -0.2) is 0 Å². The minimum atomic E-state index is -0.271. The van der Waals surface area contributed by atoms with Gasteiger partial charge in [0.2, 0.25) is 12.3 Å². The summed E-state index contributed by atoms with van der Waals surface area (Å²) >= 11 is 3.08. The highest BCUT2D eigenvalue weighted by Crippen LogP contribution is 2.25. The Bertz CT molecular complexity index is 226. The second-order valence-corrected chi connectivity index (χ2v) is 6.13. The van der Waals surface area contributed by atoms with E-state index in [1.165, 1.54) is 18.8 Å². The Morgan fingerprint density at radius 3 is 2.56 bits per heavy atom. The lowest BCUT2D eigenvalue weighted by Gasteiger charge is -2.23. The summed E-state index contributed by atoms with van der Waals surface area (Å²) in [4.78, 5) is 23.5. The summed E-state index contributed by atoms with van der Waals surface area (Å²) in [6.45, 7) is 4.05. The Kier molecular flexibility index (Phi) is 8.78. The summed E-state index contributed by atoms with van der Waals surface area (Å²) in [6.07, 6.45) is 0.526. The van der Waals surface area contributed by atoms with E-state index in [0.29, 0.717) is 12.2 Å². The first-order valence-electron chi connectivity index (χ1n) is 5.14. The summed E-state index contributed by atoms with van der Waals surface area (Å²) in [6, 6.07) is 0. The van der Waals surface area contributed by atoms with Crippen LogP contribution in [0.1, 0.15) is 13.8 Å². The predicted molar refractivity (Wildman–Crippen MR) is 69.8 cm³/mol. The summed E-state index contributed by atoms with van der Waals surface area (Å²) < 4.78 is 0. The largest absolute Gasteiger partial charge is 0.396 e. The van der Waals surface area contributed by atoms with Gasteiger partial charge in [0.15, 0.2) is 0 Å². The Balaban J connectivity index is 4.51. The van der Waals surface area contributed by atoms with E-state index < -0.39 is 0 Å². The molecule has 0 saturated heterocycles. The minimum absolute atomic E-state index is 0.0444. The molecule has 0 aliphatic carbocycles. The maximum Gasteiger partial charge on any atom is 0.242 e. The summed E-state index contributed by atoms with van der Waals surface area (Å²) in [5, 5.41) is 8.65.